The third kappa shape index (κ3) is 8.35. The predicted octanol–water partition coefficient (Wildman–Crippen LogP) is 6.10. The highest BCUT2D eigenvalue weighted by Gasteiger charge is 2.25. The minimum Gasteiger partial charge on any atom is -0.508 e. The van der Waals surface area contributed by atoms with Gasteiger partial charge in [-0.3, -0.25) is 9.29 Å². The Morgan fingerprint density at radius 3 is 2.03 bits per heavy atom. The maximum Gasteiger partial charge on any atom is 0.115 e. The number of fused-ring (bicyclic) bond motifs is 1. The Labute approximate surface area is 191 Å². The number of phenolic OH excluding ortho intramolecular Hbond substituents is 1. The highest BCUT2D eigenvalue weighted by Crippen LogP contribution is 2.24. The second-order valence-corrected chi connectivity index (χ2v) is 8.32. The van der Waals surface area contributed by atoms with Crippen molar-refractivity contribution in [2.75, 3.05) is 31.6 Å². The van der Waals surface area contributed by atoms with Gasteiger partial charge in [0.25, 0.3) is 0 Å². The Morgan fingerprint density at radius 2 is 1.41 bits per heavy atom. The van der Waals surface area contributed by atoms with Gasteiger partial charge >= 0.3 is 0 Å². The summed E-state index contributed by atoms with van der Waals surface area (Å²) < 4.78 is 11.9. The van der Waals surface area contributed by atoms with Crippen LogP contribution in [0.5, 0.6) is 5.75 Å². The number of anilines is 1. The van der Waals surface area contributed by atoms with Gasteiger partial charge in [0.15, 0.2) is 0 Å². The van der Waals surface area contributed by atoms with Gasteiger partial charge in [0, 0.05) is 25.3 Å². The molecule has 0 spiro atoms. The van der Waals surface area contributed by atoms with Crippen LogP contribution in [0, 0.1) is 0 Å². The van der Waals surface area contributed by atoms with E-state index in [4.69, 9.17) is 0 Å². The third-order valence-corrected chi connectivity index (χ3v) is 5.71. The molecular weight excluding hydrogens is 399 g/mol. The van der Waals surface area contributed by atoms with E-state index in [1.54, 1.807) is 6.07 Å². The van der Waals surface area contributed by atoms with Gasteiger partial charge in [-0.1, -0.05) is 60.7 Å². The number of benzene rings is 3. The standard InChI is InChI=1S/C12H17FN2.C10H12O.C6H6/c13-7-4-8-15-9-12(10-15)14-11-5-2-1-3-6-11;11-10-6-5-8-3-1-2-4-9(8)7-10;1-2-4-6-5-3-1/h1-3,5-6,12,14H,4,7-10H2;5-7,11H,1-4H2;1-6H. The van der Waals surface area contributed by atoms with Crippen LogP contribution in [0.2, 0.25) is 0 Å². The number of halogens is 1. The predicted molar refractivity (Wildman–Crippen MR) is 132 cm³/mol. The number of nitrogens with one attached hydrogen (secondary N) is 1. The van der Waals surface area contributed by atoms with Crippen molar-refractivity contribution in [2.24, 2.45) is 0 Å². The zero-order valence-corrected chi connectivity index (χ0v) is 18.8. The zero-order valence-electron chi connectivity index (χ0n) is 18.8. The number of nitrogens with zero attached hydrogens (tertiary/aromatic N) is 1. The molecule has 1 fully saturated rings. The van der Waals surface area contributed by atoms with Crippen molar-refractivity contribution in [3.8, 4) is 5.75 Å². The molecule has 170 valence electrons. The molecule has 0 amide bonds. The number of hydrogen-bond donors (Lipinski definition) is 2. The normalized spacial score (nSPS) is 15.2. The van der Waals surface area contributed by atoms with Crippen LogP contribution >= 0.6 is 0 Å². The van der Waals surface area contributed by atoms with Gasteiger partial charge in [-0.05, 0) is 67.5 Å². The average molecular weight is 435 g/mol. The van der Waals surface area contributed by atoms with E-state index < -0.39 is 0 Å². The van der Waals surface area contributed by atoms with Gasteiger partial charge in [-0.15, -0.1) is 0 Å². The van der Waals surface area contributed by atoms with Crippen LogP contribution in [0.3, 0.4) is 0 Å². The molecule has 0 radical (unpaired) electrons. The summed E-state index contributed by atoms with van der Waals surface area (Å²) in [7, 11) is 0. The molecule has 3 aromatic carbocycles. The number of aromatic hydroxyl groups is 1. The van der Waals surface area contributed by atoms with Crippen LogP contribution in [-0.2, 0) is 12.8 Å². The van der Waals surface area contributed by atoms with E-state index in [9.17, 15) is 9.50 Å². The lowest BCUT2D eigenvalue weighted by Crippen LogP contribution is -2.54. The van der Waals surface area contributed by atoms with Crippen molar-refractivity contribution in [1.29, 1.82) is 0 Å². The Bertz CT molecular complexity index is 856. The number of aryl methyl sites for hydroxylation is 2. The number of para-hydroxylation sites is 1. The third-order valence-electron chi connectivity index (χ3n) is 5.71. The molecular formula is C28H35FN2O. The topological polar surface area (TPSA) is 35.5 Å². The monoisotopic (exact) mass is 434 g/mol. The van der Waals surface area contributed by atoms with Crippen molar-refractivity contribution in [2.45, 2.75) is 38.1 Å². The lowest BCUT2D eigenvalue weighted by Gasteiger charge is -2.40. The number of likely N-dealkylation sites (tertiary alicyclic amines) is 1. The first kappa shape index (κ1) is 23.8. The molecule has 5 rings (SSSR count). The zero-order chi connectivity index (χ0) is 22.4. The Balaban J connectivity index is 0.000000148. The summed E-state index contributed by atoms with van der Waals surface area (Å²) in [4.78, 5) is 2.28. The SMILES string of the molecule is FCCCN1CC(Nc2ccccc2)C1.Oc1ccc2c(c1)CCCC2.c1ccccc1. The van der Waals surface area contributed by atoms with Crippen molar-refractivity contribution in [3.63, 3.8) is 0 Å². The summed E-state index contributed by atoms with van der Waals surface area (Å²) in [6.45, 7) is 2.76. The quantitative estimate of drug-likeness (QED) is 0.509. The molecule has 3 nitrogen and oxygen atoms in total. The highest BCUT2D eigenvalue weighted by molar-refractivity contribution is 5.44. The Kier molecular flexibility index (Phi) is 10.1. The fraction of sp³-hybridized carbons (Fsp3) is 0.357. The molecule has 2 aliphatic rings. The number of phenols is 1. The van der Waals surface area contributed by atoms with Crippen LogP contribution in [0.25, 0.3) is 0 Å². The minimum atomic E-state index is -0.201. The Hall–Kier alpha value is -2.85. The van der Waals surface area contributed by atoms with Gasteiger partial charge in [0.2, 0.25) is 0 Å². The summed E-state index contributed by atoms with van der Waals surface area (Å²) in [5.41, 5.74) is 3.94. The van der Waals surface area contributed by atoms with Crippen LogP contribution < -0.4 is 5.32 Å². The number of alkyl halides is 1. The Morgan fingerprint density at radius 1 is 0.812 bits per heavy atom. The molecule has 0 bridgehead atoms. The maximum absolute atomic E-state index is 11.9. The fourth-order valence-corrected chi connectivity index (χ4v) is 4.00. The first-order chi connectivity index (χ1) is 15.7. The van der Waals surface area contributed by atoms with Crippen molar-refractivity contribution >= 4 is 5.69 Å². The van der Waals surface area contributed by atoms with Gasteiger partial charge < -0.3 is 10.4 Å². The number of rotatable bonds is 5. The van der Waals surface area contributed by atoms with Crippen LogP contribution in [0.15, 0.2) is 84.9 Å². The van der Waals surface area contributed by atoms with E-state index in [2.05, 4.69) is 22.3 Å². The van der Waals surface area contributed by atoms with Crippen LogP contribution in [0.1, 0.15) is 30.4 Å². The molecule has 0 unspecified atom stereocenters. The summed E-state index contributed by atoms with van der Waals surface area (Å²) >= 11 is 0. The van der Waals surface area contributed by atoms with E-state index in [0.717, 1.165) is 26.1 Å². The van der Waals surface area contributed by atoms with E-state index >= 15 is 0 Å². The van der Waals surface area contributed by atoms with Gasteiger partial charge in [-0.2, -0.15) is 0 Å². The first-order valence-electron chi connectivity index (χ1n) is 11.7. The van der Waals surface area contributed by atoms with E-state index in [1.165, 1.54) is 36.1 Å². The second-order valence-electron chi connectivity index (χ2n) is 8.32. The lowest BCUT2D eigenvalue weighted by molar-refractivity contribution is 0.155. The minimum absolute atomic E-state index is 0.201. The molecule has 0 saturated carbocycles. The van der Waals surface area contributed by atoms with E-state index in [-0.39, 0.29) is 6.67 Å². The summed E-state index contributed by atoms with van der Waals surface area (Å²) in [6, 6.07) is 28.5. The molecule has 0 aromatic heterocycles. The van der Waals surface area contributed by atoms with Crippen LogP contribution in [-0.4, -0.2) is 42.4 Å². The average Bonchev–Trinajstić information content (AvgIpc) is 2.83. The molecule has 4 heteroatoms. The molecule has 3 aromatic rings. The summed E-state index contributed by atoms with van der Waals surface area (Å²) in [5.74, 6) is 0.408. The summed E-state index contributed by atoms with van der Waals surface area (Å²) in [5, 5.41) is 12.6. The van der Waals surface area contributed by atoms with Gasteiger partial charge in [0.05, 0.1) is 12.7 Å². The maximum atomic E-state index is 11.9. The molecule has 1 aliphatic heterocycles. The van der Waals surface area contributed by atoms with Crippen molar-refractivity contribution in [1.82, 2.24) is 4.90 Å². The first-order valence-corrected chi connectivity index (χ1v) is 11.7. The van der Waals surface area contributed by atoms with E-state index in [0.29, 0.717) is 18.2 Å². The van der Waals surface area contributed by atoms with Crippen LogP contribution in [0.4, 0.5) is 10.1 Å². The lowest BCUT2D eigenvalue weighted by atomic mass is 9.92. The van der Waals surface area contributed by atoms with E-state index in [1.807, 2.05) is 66.7 Å². The highest BCUT2D eigenvalue weighted by atomic mass is 19.1. The molecule has 2 N–H and O–H groups in total. The molecule has 0 atom stereocenters. The molecule has 1 saturated heterocycles. The summed E-state index contributed by atoms with van der Waals surface area (Å²) in [6.07, 6.45) is 5.58. The smallest absolute Gasteiger partial charge is 0.115 e. The number of hydrogen-bond acceptors (Lipinski definition) is 3. The second kappa shape index (κ2) is 13.5. The molecule has 1 aliphatic carbocycles. The van der Waals surface area contributed by atoms with Gasteiger partial charge in [0.1, 0.15) is 5.75 Å². The molecule has 1 heterocycles. The van der Waals surface area contributed by atoms with Gasteiger partial charge in [-0.25, -0.2) is 0 Å². The largest absolute Gasteiger partial charge is 0.508 e. The van der Waals surface area contributed by atoms with Crippen molar-refractivity contribution < 1.29 is 9.50 Å². The fourth-order valence-electron chi connectivity index (χ4n) is 4.00. The van der Waals surface area contributed by atoms with Crippen molar-refractivity contribution in [3.05, 3.63) is 96.1 Å². The molecule has 32 heavy (non-hydrogen) atoms.